The van der Waals surface area contributed by atoms with E-state index in [4.69, 9.17) is 16.3 Å². The van der Waals surface area contributed by atoms with Crippen molar-refractivity contribution in [3.63, 3.8) is 0 Å². The molecule has 0 bridgehead atoms. The molecule has 1 atom stereocenters. The van der Waals surface area contributed by atoms with Crippen LogP contribution < -0.4 is 4.74 Å². The molecule has 1 unspecified atom stereocenters. The highest BCUT2D eigenvalue weighted by Crippen LogP contribution is 2.26. The summed E-state index contributed by atoms with van der Waals surface area (Å²) in [6, 6.07) is 7.72. The fourth-order valence-electron chi connectivity index (χ4n) is 2.66. The summed E-state index contributed by atoms with van der Waals surface area (Å²) in [5.41, 5.74) is 0.0927. The third-order valence-corrected chi connectivity index (χ3v) is 4.08. The number of nitrogens with zero attached hydrogens (tertiary/aromatic N) is 2. The predicted octanol–water partition coefficient (Wildman–Crippen LogP) is 3.56. The van der Waals surface area contributed by atoms with Crippen LogP contribution in [0.4, 0.5) is 4.39 Å². The van der Waals surface area contributed by atoms with Gasteiger partial charge in [0, 0.05) is 25.0 Å². The number of carbonyl (C=O) groups is 1. The van der Waals surface area contributed by atoms with Gasteiger partial charge in [0.2, 0.25) is 0 Å². The largest absolute Gasteiger partial charge is 0.487 e. The lowest BCUT2D eigenvalue weighted by Crippen LogP contribution is -2.44. The Bertz CT molecular complexity index is 710. The van der Waals surface area contributed by atoms with E-state index in [2.05, 4.69) is 4.98 Å². The summed E-state index contributed by atoms with van der Waals surface area (Å²) >= 11 is 6.04. The van der Waals surface area contributed by atoms with E-state index >= 15 is 0 Å². The Hall–Kier alpha value is -2.14. The Morgan fingerprint density at radius 1 is 1.35 bits per heavy atom. The number of ether oxygens (including phenoxy) is 1. The maximum absolute atomic E-state index is 13.8. The minimum atomic E-state index is -0.502. The number of benzene rings is 1. The Balaban J connectivity index is 1.70. The average Bonchev–Trinajstić information content (AvgIpc) is 2.57. The van der Waals surface area contributed by atoms with Crippen molar-refractivity contribution in [1.29, 1.82) is 0 Å². The number of hydrogen-bond donors (Lipinski definition) is 0. The van der Waals surface area contributed by atoms with Crippen LogP contribution >= 0.6 is 11.6 Å². The minimum Gasteiger partial charge on any atom is -0.487 e. The van der Waals surface area contributed by atoms with Crippen molar-refractivity contribution in [3.05, 3.63) is 59.1 Å². The van der Waals surface area contributed by atoms with E-state index in [1.165, 1.54) is 18.3 Å². The molecule has 120 valence electrons. The van der Waals surface area contributed by atoms with E-state index in [1.54, 1.807) is 29.3 Å². The highest BCUT2D eigenvalue weighted by atomic mass is 35.5. The third kappa shape index (κ3) is 3.62. The molecule has 0 radical (unpaired) electrons. The van der Waals surface area contributed by atoms with Crippen molar-refractivity contribution in [1.82, 2.24) is 9.88 Å². The van der Waals surface area contributed by atoms with E-state index in [0.29, 0.717) is 23.9 Å². The Morgan fingerprint density at radius 2 is 2.17 bits per heavy atom. The summed E-state index contributed by atoms with van der Waals surface area (Å²) in [6.45, 7) is 1.00. The van der Waals surface area contributed by atoms with Crippen molar-refractivity contribution in [3.8, 4) is 5.75 Å². The molecule has 1 fully saturated rings. The maximum atomic E-state index is 13.8. The van der Waals surface area contributed by atoms with Gasteiger partial charge in [0.05, 0.1) is 12.1 Å². The minimum absolute atomic E-state index is 0.0927. The molecule has 2 aromatic rings. The van der Waals surface area contributed by atoms with Crippen LogP contribution in [0.15, 0.2) is 42.7 Å². The van der Waals surface area contributed by atoms with E-state index in [-0.39, 0.29) is 17.6 Å². The molecule has 23 heavy (non-hydrogen) atoms. The molecule has 4 nitrogen and oxygen atoms in total. The summed E-state index contributed by atoms with van der Waals surface area (Å²) in [5, 5.41) is 0.435. The summed E-state index contributed by atoms with van der Waals surface area (Å²) in [7, 11) is 0. The zero-order valence-corrected chi connectivity index (χ0v) is 13.2. The lowest BCUT2D eigenvalue weighted by molar-refractivity contribution is 0.0534. The highest BCUT2D eigenvalue weighted by molar-refractivity contribution is 6.31. The predicted molar refractivity (Wildman–Crippen MR) is 85.2 cm³/mol. The first-order valence-electron chi connectivity index (χ1n) is 7.45. The van der Waals surface area contributed by atoms with Crippen LogP contribution in [0.1, 0.15) is 23.2 Å². The van der Waals surface area contributed by atoms with Gasteiger partial charge in [-0.25, -0.2) is 4.39 Å². The first-order chi connectivity index (χ1) is 11.1. The zero-order chi connectivity index (χ0) is 16.2. The number of hydrogen-bond acceptors (Lipinski definition) is 3. The molecule has 3 rings (SSSR count). The number of carbonyl (C=O) groups excluding carboxylic acids is 1. The van der Waals surface area contributed by atoms with E-state index in [1.807, 2.05) is 0 Å². The van der Waals surface area contributed by atoms with Gasteiger partial charge in [0.15, 0.2) is 0 Å². The number of amides is 1. The van der Waals surface area contributed by atoms with Gasteiger partial charge in [-0.3, -0.25) is 9.78 Å². The smallest absolute Gasteiger partial charge is 0.256 e. The SMILES string of the molecule is O=C(c1ccccc1F)N1CCCC(Oc2ccncc2Cl)C1. The Morgan fingerprint density at radius 3 is 2.96 bits per heavy atom. The molecule has 1 amide bonds. The fourth-order valence-corrected chi connectivity index (χ4v) is 2.83. The highest BCUT2D eigenvalue weighted by Gasteiger charge is 2.27. The number of aromatic nitrogens is 1. The first-order valence-corrected chi connectivity index (χ1v) is 7.83. The van der Waals surface area contributed by atoms with Crippen LogP contribution in [0.2, 0.25) is 5.02 Å². The molecule has 1 aliphatic heterocycles. The molecular weight excluding hydrogens is 319 g/mol. The number of piperidine rings is 1. The number of rotatable bonds is 3. The van der Waals surface area contributed by atoms with Gasteiger partial charge in [-0.2, -0.15) is 0 Å². The third-order valence-electron chi connectivity index (χ3n) is 3.80. The second-order valence-corrected chi connectivity index (χ2v) is 5.83. The van der Waals surface area contributed by atoms with Crippen LogP contribution in [-0.4, -0.2) is 35.0 Å². The normalized spacial score (nSPS) is 17.8. The zero-order valence-electron chi connectivity index (χ0n) is 12.4. The van der Waals surface area contributed by atoms with Crippen molar-refractivity contribution < 1.29 is 13.9 Å². The van der Waals surface area contributed by atoms with Crippen molar-refractivity contribution >= 4 is 17.5 Å². The average molecular weight is 335 g/mol. The molecule has 0 N–H and O–H groups in total. The molecule has 6 heteroatoms. The number of likely N-dealkylation sites (tertiary alicyclic amines) is 1. The quantitative estimate of drug-likeness (QED) is 0.862. The Labute approximate surface area is 138 Å². The topological polar surface area (TPSA) is 42.4 Å². The second kappa shape index (κ2) is 6.96. The van der Waals surface area contributed by atoms with Crippen LogP contribution in [0.25, 0.3) is 0 Å². The number of halogens is 2. The molecular formula is C17H16ClFN2O2. The van der Waals surface area contributed by atoms with Crippen LogP contribution in [0.3, 0.4) is 0 Å². The van der Waals surface area contributed by atoms with E-state index < -0.39 is 5.82 Å². The van der Waals surface area contributed by atoms with Crippen molar-refractivity contribution in [2.75, 3.05) is 13.1 Å². The van der Waals surface area contributed by atoms with Gasteiger partial charge < -0.3 is 9.64 Å². The summed E-state index contributed by atoms with van der Waals surface area (Å²) < 4.78 is 19.7. The molecule has 0 aliphatic carbocycles. The van der Waals surface area contributed by atoms with Gasteiger partial charge in [0.1, 0.15) is 22.7 Å². The molecule has 2 heterocycles. The van der Waals surface area contributed by atoms with E-state index in [9.17, 15) is 9.18 Å². The standard InChI is InChI=1S/C17H16ClFN2O2/c18-14-10-20-8-7-16(14)23-12-4-3-9-21(11-12)17(22)13-5-1-2-6-15(13)19/h1-2,5-8,10,12H,3-4,9,11H2. The molecule has 1 saturated heterocycles. The summed E-state index contributed by atoms with van der Waals surface area (Å²) in [6.07, 6.45) is 4.57. The van der Waals surface area contributed by atoms with E-state index in [0.717, 1.165) is 12.8 Å². The monoisotopic (exact) mass is 334 g/mol. The van der Waals surface area contributed by atoms with Crippen LogP contribution in [0, 0.1) is 5.82 Å². The number of pyridine rings is 1. The van der Waals surface area contributed by atoms with Gasteiger partial charge >= 0.3 is 0 Å². The van der Waals surface area contributed by atoms with Crippen molar-refractivity contribution in [2.45, 2.75) is 18.9 Å². The fraction of sp³-hybridized carbons (Fsp3) is 0.294. The second-order valence-electron chi connectivity index (χ2n) is 5.42. The Kier molecular flexibility index (Phi) is 4.76. The first kappa shape index (κ1) is 15.7. The molecule has 1 aromatic carbocycles. The summed E-state index contributed by atoms with van der Waals surface area (Å²) in [4.78, 5) is 18.0. The lowest BCUT2D eigenvalue weighted by Gasteiger charge is -2.33. The molecule has 1 aliphatic rings. The molecule has 0 spiro atoms. The summed E-state index contributed by atoms with van der Waals surface area (Å²) in [5.74, 6) is -0.262. The van der Waals surface area contributed by atoms with Gasteiger partial charge in [0.25, 0.3) is 5.91 Å². The molecule has 0 saturated carbocycles. The lowest BCUT2D eigenvalue weighted by atomic mass is 10.1. The van der Waals surface area contributed by atoms with Crippen LogP contribution in [-0.2, 0) is 0 Å². The van der Waals surface area contributed by atoms with Crippen molar-refractivity contribution in [2.24, 2.45) is 0 Å². The molecule has 1 aromatic heterocycles. The van der Waals surface area contributed by atoms with Crippen LogP contribution in [0.5, 0.6) is 5.75 Å². The maximum Gasteiger partial charge on any atom is 0.256 e. The van der Waals surface area contributed by atoms with Gasteiger partial charge in [-0.1, -0.05) is 23.7 Å². The van der Waals surface area contributed by atoms with Gasteiger partial charge in [-0.15, -0.1) is 0 Å². The van der Waals surface area contributed by atoms with Gasteiger partial charge in [-0.05, 0) is 25.0 Å².